The van der Waals surface area contributed by atoms with E-state index < -0.39 is 61.4 Å². The van der Waals surface area contributed by atoms with Gasteiger partial charge in [0.15, 0.2) is 29.1 Å². The highest BCUT2D eigenvalue weighted by Gasteiger charge is 2.33. The van der Waals surface area contributed by atoms with Gasteiger partial charge in [-0.15, -0.1) is 0 Å². The molecule has 2 aromatic carbocycles. The molecule has 11 heteroatoms. The molecule has 138 valence electrons. The van der Waals surface area contributed by atoms with Gasteiger partial charge in [-0.25, -0.2) is 26.7 Å². The Morgan fingerprint density at radius 1 is 0.808 bits per heavy atom. The molecule has 0 aliphatic heterocycles. The van der Waals surface area contributed by atoms with Gasteiger partial charge >= 0.3 is 16.1 Å². The van der Waals surface area contributed by atoms with Crippen molar-refractivity contribution in [2.45, 2.75) is 11.8 Å². The van der Waals surface area contributed by atoms with Gasteiger partial charge in [0.2, 0.25) is 5.82 Å². The molecule has 0 aliphatic carbocycles. The first-order valence-corrected chi connectivity index (χ1v) is 7.99. The lowest BCUT2D eigenvalue weighted by Crippen LogP contribution is -2.19. The van der Waals surface area contributed by atoms with Crippen LogP contribution in [0.3, 0.4) is 0 Å². The van der Waals surface area contributed by atoms with Gasteiger partial charge in [-0.05, 0) is 19.1 Å². The quantitative estimate of drug-likeness (QED) is 0.262. The fourth-order valence-corrected chi connectivity index (χ4v) is 2.68. The Kier molecular flexibility index (Phi) is 5.12. The molecule has 0 saturated heterocycles. The van der Waals surface area contributed by atoms with Gasteiger partial charge in [0.1, 0.15) is 10.5 Å². The summed E-state index contributed by atoms with van der Waals surface area (Å²) in [4.78, 5) is 22.1. The number of Topliss-reactive ketones (excluding diaryl/α,β-unsaturated/α-hetero) is 1. The molecule has 0 unspecified atom stereocenters. The summed E-state index contributed by atoms with van der Waals surface area (Å²) in [6.07, 6.45) is 0. The predicted octanol–water partition coefficient (Wildman–Crippen LogP) is 3.13. The standard InChI is InChI=1S/C15H7F5O5S/c1-6(21)7-2-4-8(5-3-7)26(23,24)25-15(22)9-10(16)12(18)14(20)13(19)11(9)17/h2-5H,1H3. The average Bonchev–Trinajstić information content (AvgIpc) is 2.58. The summed E-state index contributed by atoms with van der Waals surface area (Å²) in [6.45, 7) is 1.20. The molecule has 0 aliphatic rings. The number of carbonyl (C=O) groups excluding carboxylic acids is 2. The van der Waals surface area contributed by atoms with Gasteiger partial charge in [0.25, 0.3) is 0 Å². The highest BCUT2D eigenvalue weighted by Crippen LogP contribution is 2.25. The second-order valence-electron chi connectivity index (χ2n) is 4.85. The maximum atomic E-state index is 13.5. The van der Waals surface area contributed by atoms with Crippen LogP contribution in [0.2, 0.25) is 0 Å². The second kappa shape index (κ2) is 6.83. The Morgan fingerprint density at radius 3 is 1.65 bits per heavy atom. The van der Waals surface area contributed by atoms with Crippen molar-refractivity contribution in [2.75, 3.05) is 0 Å². The van der Waals surface area contributed by atoms with Crippen LogP contribution in [-0.4, -0.2) is 20.2 Å². The summed E-state index contributed by atoms with van der Waals surface area (Å²) in [6, 6.07) is 3.86. The number of halogens is 5. The highest BCUT2D eigenvalue weighted by atomic mass is 32.2. The van der Waals surface area contributed by atoms with Crippen LogP contribution >= 0.6 is 0 Å². The topological polar surface area (TPSA) is 77.5 Å². The normalized spacial score (nSPS) is 11.3. The van der Waals surface area contributed by atoms with Crippen molar-refractivity contribution in [2.24, 2.45) is 0 Å². The number of carbonyl (C=O) groups is 2. The largest absolute Gasteiger partial charge is 0.360 e. The van der Waals surface area contributed by atoms with E-state index in [4.69, 9.17) is 0 Å². The summed E-state index contributed by atoms with van der Waals surface area (Å²) in [5.74, 6) is -15.1. The highest BCUT2D eigenvalue weighted by molar-refractivity contribution is 7.87. The van der Waals surface area contributed by atoms with E-state index >= 15 is 0 Å². The van der Waals surface area contributed by atoms with Crippen LogP contribution < -0.4 is 0 Å². The molecule has 0 fully saturated rings. The maximum Gasteiger partial charge on any atom is 0.360 e. The van der Waals surface area contributed by atoms with Crippen LogP contribution in [0.15, 0.2) is 29.2 Å². The third-order valence-electron chi connectivity index (χ3n) is 3.15. The average molecular weight is 394 g/mol. The summed E-state index contributed by atoms with van der Waals surface area (Å²) < 4.78 is 93.9. The molecule has 26 heavy (non-hydrogen) atoms. The Hall–Kier alpha value is -2.82. The van der Waals surface area contributed by atoms with Crippen molar-refractivity contribution >= 4 is 21.9 Å². The van der Waals surface area contributed by atoms with Gasteiger partial charge in [-0.3, -0.25) is 4.79 Å². The van der Waals surface area contributed by atoms with E-state index in [9.17, 15) is 40.0 Å². The molecule has 0 spiro atoms. The molecule has 0 aromatic heterocycles. The molecule has 0 bridgehead atoms. The lowest BCUT2D eigenvalue weighted by atomic mass is 10.1. The van der Waals surface area contributed by atoms with Gasteiger partial charge in [-0.2, -0.15) is 8.42 Å². The zero-order valence-electron chi connectivity index (χ0n) is 12.6. The van der Waals surface area contributed by atoms with Crippen molar-refractivity contribution in [1.29, 1.82) is 0 Å². The van der Waals surface area contributed by atoms with E-state index in [0.717, 1.165) is 24.3 Å². The van der Waals surface area contributed by atoms with Gasteiger partial charge < -0.3 is 4.18 Å². The van der Waals surface area contributed by atoms with Crippen LogP contribution in [0.4, 0.5) is 22.0 Å². The molecular formula is C15H7F5O5S. The third kappa shape index (κ3) is 3.43. The number of rotatable bonds is 4. The molecular weight excluding hydrogens is 387 g/mol. The van der Waals surface area contributed by atoms with Crippen molar-refractivity contribution < 1.29 is 44.1 Å². The molecule has 0 heterocycles. The molecule has 0 N–H and O–H groups in total. The summed E-state index contributed by atoms with van der Waals surface area (Å²) in [5.41, 5.74) is -1.93. The zero-order valence-corrected chi connectivity index (χ0v) is 13.5. The van der Waals surface area contributed by atoms with E-state index in [0.29, 0.717) is 0 Å². The van der Waals surface area contributed by atoms with Crippen LogP contribution in [-0.2, 0) is 14.3 Å². The first kappa shape index (κ1) is 19.5. The summed E-state index contributed by atoms with van der Waals surface area (Å²) in [5, 5.41) is 0. The van der Waals surface area contributed by atoms with Crippen LogP contribution in [0, 0.1) is 29.1 Å². The SMILES string of the molecule is CC(=O)c1ccc(S(=O)(=O)OC(=O)c2c(F)c(F)c(F)c(F)c2F)cc1. The van der Waals surface area contributed by atoms with E-state index in [1.54, 1.807) is 0 Å². The van der Waals surface area contributed by atoms with Crippen LogP contribution in [0.1, 0.15) is 27.6 Å². The predicted molar refractivity (Wildman–Crippen MR) is 75.3 cm³/mol. The van der Waals surface area contributed by atoms with E-state index in [1.807, 2.05) is 0 Å². The monoisotopic (exact) mass is 394 g/mol. The molecule has 0 atom stereocenters. The van der Waals surface area contributed by atoms with E-state index in [-0.39, 0.29) is 5.56 Å². The summed E-state index contributed by atoms with van der Waals surface area (Å²) in [7, 11) is -4.95. The van der Waals surface area contributed by atoms with Gasteiger partial charge in [0, 0.05) is 5.56 Å². The first-order chi connectivity index (χ1) is 12.0. The number of ketones is 1. The summed E-state index contributed by atoms with van der Waals surface area (Å²) >= 11 is 0. The minimum absolute atomic E-state index is 0.120. The zero-order chi connectivity index (χ0) is 19.8. The van der Waals surface area contributed by atoms with Crippen LogP contribution in [0.25, 0.3) is 0 Å². The number of hydrogen-bond donors (Lipinski definition) is 0. The fourth-order valence-electron chi connectivity index (χ4n) is 1.83. The lowest BCUT2D eigenvalue weighted by molar-refractivity contribution is 0.0732. The smallest absolute Gasteiger partial charge is 0.337 e. The van der Waals surface area contributed by atoms with Crippen molar-refractivity contribution in [1.82, 2.24) is 0 Å². The number of hydrogen-bond acceptors (Lipinski definition) is 5. The first-order valence-electron chi connectivity index (χ1n) is 6.58. The molecule has 0 saturated carbocycles. The lowest BCUT2D eigenvalue weighted by Gasteiger charge is -2.09. The maximum absolute atomic E-state index is 13.5. The Bertz CT molecular complexity index is 987. The molecule has 2 rings (SSSR count). The van der Waals surface area contributed by atoms with E-state index in [1.165, 1.54) is 6.92 Å². The molecule has 2 aromatic rings. The minimum atomic E-state index is -4.95. The van der Waals surface area contributed by atoms with Gasteiger partial charge in [0.05, 0.1) is 0 Å². The molecule has 5 nitrogen and oxygen atoms in total. The van der Waals surface area contributed by atoms with Crippen molar-refractivity contribution in [3.63, 3.8) is 0 Å². The van der Waals surface area contributed by atoms with Crippen LogP contribution in [0.5, 0.6) is 0 Å². The second-order valence-corrected chi connectivity index (χ2v) is 6.40. The Morgan fingerprint density at radius 2 is 1.23 bits per heavy atom. The minimum Gasteiger partial charge on any atom is -0.337 e. The third-order valence-corrected chi connectivity index (χ3v) is 4.37. The molecule has 0 radical (unpaired) electrons. The van der Waals surface area contributed by atoms with E-state index in [2.05, 4.69) is 4.18 Å². The van der Waals surface area contributed by atoms with Crippen molar-refractivity contribution in [3.8, 4) is 0 Å². The fraction of sp³-hybridized carbons (Fsp3) is 0.0667. The Labute approximate surface area is 143 Å². The van der Waals surface area contributed by atoms with Crippen molar-refractivity contribution in [3.05, 3.63) is 64.5 Å². The van der Waals surface area contributed by atoms with Gasteiger partial charge in [-0.1, -0.05) is 12.1 Å². The number of benzene rings is 2. The molecule has 0 amide bonds. The Balaban J connectivity index is 2.42.